The smallest absolute Gasteiger partial charge is 0.309 e. The van der Waals surface area contributed by atoms with E-state index in [4.69, 9.17) is 9.52 Å². The van der Waals surface area contributed by atoms with Crippen molar-refractivity contribution in [3.8, 4) is 0 Å². The molecule has 0 spiro atoms. The van der Waals surface area contributed by atoms with Crippen molar-refractivity contribution in [3.05, 3.63) is 48.0 Å². The van der Waals surface area contributed by atoms with E-state index in [1.165, 1.54) is 5.56 Å². The van der Waals surface area contributed by atoms with Crippen molar-refractivity contribution in [2.75, 3.05) is 13.1 Å². The zero-order valence-electron chi connectivity index (χ0n) is 11.5. The highest BCUT2D eigenvalue weighted by atomic mass is 16.4. The van der Waals surface area contributed by atoms with Gasteiger partial charge in [0.1, 0.15) is 11.2 Å². The SMILES string of the molecule is O=C(O)C1CN(Cc2ccc3oc4ccccc4c3c2)C1. The van der Waals surface area contributed by atoms with Gasteiger partial charge in [0.15, 0.2) is 0 Å². The molecule has 2 aromatic carbocycles. The third-order valence-electron chi connectivity index (χ3n) is 4.15. The van der Waals surface area contributed by atoms with Crippen LogP contribution in [-0.4, -0.2) is 29.1 Å². The number of aliphatic carboxylic acids is 1. The van der Waals surface area contributed by atoms with Crippen LogP contribution in [0, 0.1) is 5.92 Å². The number of para-hydroxylation sites is 1. The van der Waals surface area contributed by atoms with Gasteiger partial charge in [-0.05, 0) is 23.8 Å². The zero-order valence-corrected chi connectivity index (χ0v) is 11.5. The molecule has 0 aliphatic carbocycles. The molecule has 1 aliphatic rings. The number of carboxylic acids is 1. The zero-order chi connectivity index (χ0) is 14.4. The highest BCUT2D eigenvalue weighted by Gasteiger charge is 2.32. The first-order valence-corrected chi connectivity index (χ1v) is 7.06. The fraction of sp³-hybridized carbons (Fsp3) is 0.235. The topological polar surface area (TPSA) is 53.7 Å². The van der Waals surface area contributed by atoms with Crippen LogP contribution in [0.15, 0.2) is 46.9 Å². The van der Waals surface area contributed by atoms with Gasteiger partial charge in [-0.3, -0.25) is 9.69 Å². The van der Waals surface area contributed by atoms with Crippen molar-refractivity contribution < 1.29 is 14.3 Å². The molecular weight excluding hydrogens is 266 g/mol. The van der Waals surface area contributed by atoms with Gasteiger partial charge in [-0.15, -0.1) is 0 Å². The monoisotopic (exact) mass is 281 g/mol. The van der Waals surface area contributed by atoms with Crippen molar-refractivity contribution in [1.82, 2.24) is 4.90 Å². The number of nitrogens with zero attached hydrogens (tertiary/aromatic N) is 1. The average molecular weight is 281 g/mol. The number of furan rings is 1. The highest BCUT2D eigenvalue weighted by Crippen LogP contribution is 2.30. The molecule has 0 saturated carbocycles. The number of hydrogen-bond acceptors (Lipinski definition) is 3. The second-order valence-corrected chi connectivity index (χ2v) is 5.66. The van der Waals surface area contributed by atoms with Crippen molar-refractivity contribution in [2.45, 2.75) is 6.54 Å². The first-order chi connectivity index (χ1) is 10.2. The Bertz CT molecular complexity index is 830. The third kappa shape index (κ3) is 2.08. The molecule has 4 rings (SSSR count). The Morgan fingerprint density at radius 3 is 2.71 bits per heavy atom. The van der Waals surface area contributed by atoms with Crippen molar-refractivity contribution in [2.24, 2.45) is 5.92 Å². The Balaban J connectivity index is 1.62. The normalized spacial score (nSPS) is 16.4. The molecule has 1 saturated heterocycles. The molecule has 0 radical (unpaired) electrons. The van der Waals surface area contributed by atoms with Crippen molar-refractivity contribution in [3.63, 3.8) is 0 Å². The van der Waals surface area contributed by atoms with Crippen molar-refractivity contribution >= 4 is 27.9 Å². The average Bonchev–Trinajstić information content (AvgIpc) is 2.80. The molecule has 106 valence electrons. The van der Waals surface area contributed by atoms with Gasteiger partial charge >= 0.3 is 5.97 Å². The van der Waals surface area contributed by atoms with E-state index in [1.54, 1.807) is 0 Å². The van der Waals surface area contributed by atoms with E-state index in [2.05, 4.69) is 23.1 Å². The number of rotatable bonds is 3. The summed E-state index contributed by atoms with van der Waals surface area (Å²) in [5.74, 6) is -0.897. The second kappa shape index (κ2) is 4.60. The predicted molar refractivity (Wildman–Crippen MR) is 80.1 cm³/mol. The van der Waals surface area contributed by atoms with Gasteiger partial charge in [-0.1, -0.05) is 24.3 Å². The fourth-order valence-electron chi connectivity index (χ4n) is 2.98. The van der Waals surface area contributed by atoms with Crippen molar-refractivity contribution in [1.29, 1.82) is 0 Å². The third-order valence-corrected chi connectivity index (χ3v) is 4.15. The van der Waals surface area contributed by atoms with Gasteiger partial charge in [-0.2, -0.15) is 0 Å². The van der Waals surface area contributed by atoms with Gasteiger partial charge in [0.25, 0.3) is 0 Å². The Labute approximate surface area is 121 Å². The lowest BCUT2D eigenvalue weighted by Gasteiger charge is -2.36. The van der Waals surface area contributed by atoms with Gasteiger partial charge in [0.05, 0.1) is 5.92 Å². The second-order valence-electron chi connectivity index (χ2n) is 5.66. The summed E-state index contributed by atoms with van der Waals surface area (Å²) in [6.07, 6.45) is 0. The molecule has 2 heterocycles. The molecule has 1 aliphatic heterocycles. The molecule has 21 heavy (non-hydrogen) atoms. The quantitative estimate of drug-likeness (QED) is 0.801. The first kappa shape index (κ1) is 12.4. The van der Waals surface area contributed by atoms with Crippen LogP contribution >= 0.6 is 0 Å². The maximum absolute atomic E-state index is 10.8. The highest BCUT2D eigenvalue weighted by molar-refractivity contribution is 6.04. The van der Waals surface area contributed by atoms with Crippen LogP contribution in [0.25, 0.3) is 21.9 Å². The molecule has 1 N–H and O–H groups in total. The summed E-state index contributed by atoms with van der Waals surface area (Å²) in [5.41, 5.74) is 2.99. The number of benzene rings is 2. The fourth-order valence-corrected chi connectivity index (χ4v) is 2.98. The molecule has 1 fully saturated rings. The summed E-state index contributed by atoms with van der Waals surface area (Å²) >= 11 is 0. The summed E-state index contributed by atoms with van der Waals surface area (Å²) in [6.45, 7) is 2.07. The Hall–Kier alpha value is -2.33. The van der Waals surface area contributed by atoms with E-state index in [9.17, 15) is 4.79 Å². The summed E-state index contributed by atoms with van der Waals surface area (Å²) in [5, 5.41) is 11.2. The Morgan fingerprint density at radius 1 is 1.14 bits per heavy atom. The number of carboxylic acid groups (broad SMARTS) is 1. The first-order valence-electron chi connectivity index (χ1n) is 7.06. The standard InChI is InChI=1S/C17H15NO3/c19-17(20)12-9-18(10-12)8-11-5-6-16-14(7-11)13-3-1-2-4-15(13)21-16/h1-7,12H,8-10H2,(H,19,20). The number of fused-ring (bicyclic) bond motifs is 3. The number of likely N-dealkylation sites (tertiary alicyclic amines) is 1. The van der Waals surface area contributed by atoms with Gasteiger partial charge in [0, 0.05) is 30.4 Å². The van der Waals surface area contributed by atoms with Gasteiger partial charge in [-0.25, -0.2) is 0 Å². The molecule has 1 aromatic heterocycles. The lowest BCUT2D eigenvalue weighted by atomic mass is 9.99. The maximum Gasteiger partial charge on any atom is 0.309 e. The van der Waals surface area contributed by atoms with Gasteiger partial charge < -0.3 is 9.52 Å². The minimum absolute atomic E-state index is 0.205. The van der Waals surface area contributed by atoms with Crippen LogP contribution in [0.3, 0.4) is 0 Å². The Kier molecular flexibility index (Phi) is 2.72. The lowest BCUT2D eigenvalue weighted by molar-refractivity contribution is -0.147. The number of carbonyl (C=O) groups is 1. The van der Waals surface area contributed by atoms with E-state index in [0.29, 0.717) is 13.1 Å². The molecule has 0 unspecified atom stereocenters. The molecule has 4 heteroatoms. The lowest BCUT2D eigenvalue weighted by Crippen LogP contribution is -2.49. The van der Waals surface area contributed by atoms with Crippen LogP contribution in [0.1, 0.15) is 5.56 Å². The summed E-state index contributed by atoms with van der Waals surface area (Å²) in [6, 6.07) is 14.2. The van der Waals surface area contributed by atoms with Crippen LogP contribution in [-0.2, 0) is 11.3 Å². The molecule has 3 aromatic rings. The van der Waals surface area contributed by atoms with Crippen LogP contribution < -0.4 is 0 Å². The predicted octanol–water partition coefficient (Wildman–Crippen LogP) is 3.10. The van der Waals surface area contributed by atoms with Gasteiger partial charge in [0.2, 0.25) is 0 Å². The van der Waals surface area contributed by atoms with E-state index in [-0.39, 0.29) is 5.92 Å². The molecule has 0 amide bonds. The molecule has 0 atom stereocenters. The minimum Gasteiger partial charge on any atom is -0.481 e. The Morgan fingerprint density at radius 2 is 1.90 bits per heavy atom. The maximum atomic E-state index is 10.8. The van der Waals surface area contributed by atoms with Crippen LogP contribution in [0.2, 0.25) is 0 Å². The van der Waals surface area contributed by atoms with Crippen LogP contribution in [0.4, 0.5) is 0 Å². The largest absolute Gasteiger partial charge is 0.481 e. The van der Waals surface area contributed by atoms with E-state index >= 15 is 0 Å². The molecular formula is C17H15NO3. The summed E-state index contributed by atoms with van der Waals surface area (Å²) < 4.78 is 5.81. The summed E-state index contributed by atoms with van der Waals surface area (Å²) in [7, 11) is 0. The molecule has 4 nitrogen and oxygen atoms in total. The van der Waals surface area contributed by atoms with E-state index < -0.39 is 5.97 Å². The minimum atomic E-state index is -0.692. The van der Waals surface area contributed by atoms with Crippen LogP contribution in [0.5, 0.6) is 0 Å². The van der Waals surface area contributed by atoms with E-state index in [1.807, 2.05) is 24.3 Å². The number of hydrogen-bond donors (Lipinski definition) is 1. The summed E-state index contributed by atoms with van der Waals surface area (Å²) in [4.78, 5) is 13.0. The molecule has 0 bridgehead atoms. The van der Waals surface area contributed by atoms with E-state index in [0.717, 1.165) is 28.5 Å².